The van der Waals surface area contributed by atoms with E-state index in [0.29, 0.717) is 0 Å². The normalized spacial score (nSPS) is 24.3. The van der Waals surface area contributed by atoms with Crippen LogP contribution in [0.15, 0.2) is 24.3 Å². The van der Waals surface area contributed by atoms with Gasteiger partial charge in [-0.3, -0.25) is 9.59 Å². The SMILES string of the molecule is O=C(NC1Cc2ccccc2C1)C1CCCCN1C(=O)C1CC1. The van der Waals surface area contributed by atoms with E-state index in [9.17, 15) is 9.59 Å². The predicted octanol–water partition coefficient (Wildman–Crippen LogP) is 2.06. The molecule has 1 aliphatic heterocycles. The minimum atomic E-state index is -0.249. The fourth-order valence-electron chi connectivity index (χ4n) is 3.99. The summed E-state index contributed by atoms with van der Waals surface area (Å²) in [5, 5.41) is 3.21. The van der Waals surface area contributed by atoms with Crippen LogP contribution in [-0.4, -0.2) is 35.3 Å². The molecule has 1 heterocycles. The Labute approximate surface area is 137 Å². The molecule has 2 aliphatic carbocycles. The summed E-state index contributed by atoms with van der Waals surface area (Å²) in [7, 11) is 0. The Morgan fingerprint density at radius 2 is 1.70 bits per heavy atom. The number of piperidine rings is 1. The minimum Gasteiger partial charge on any atom is -0.351 e. The van der Waals surface area contributed by atoms with Gasteiger partial charge in [-0.05, 0) is 56.1 Å². The third-order valence-electron chi connectivity index (χ3n) is 5.41. The quantitative estimate of drug-likeness (QED) is 0.929. The van der Waals surface area contributed by atoms with Gasteiger partial charge < -0.3 is 10.2 Å². The lowest BCUT2D eigenvalue weighted by atomic mass is 10.00. The molecule has 1 saturated heterocycles. The maximum absolute atomic E-state index is 12.8. The molecule has 2 fully saturated rings. The maximum atomic E-state index is 12.8. The van der Waals surface area contributed by atoms with E-state index in [1.807, 2.05) is 4.90 Å². The molecular weight excluding hydrogens is 288 g/mol. The average molecular weight is 312 g/mol. The minimum absolute atomic E-state index is 0.0523. The molecule has 0 aromatic heterocycles. The van der Waals surface area contributed by atoms with Gasteiger partial charge in [-0.1, -0.05) is 24.3 Å². The van der Waals surface area contributed by atoms with Crippen molar-refractivity contribution in [3.63, 3.8) is 0 Å². The van der Waals surface area contributed by atoms with E-state index in [-0.39, 0.29) is 29.8 Å². The Morgan fingerprint density at radius 1 is 1.00 bits per heavy atom. The van der Waals surface area contributed by atoms with Gasteiger partial charge in [-0.15, -0.1) is 0 Å². The Bertz CT molecular complexity index is 599. The number of hydrogen-bond donors (Lipinski definition) is 1. The number of nitrogens with one attached hydrogen (secondary N) is 1. The summed E-state index contributed by atoms with van der Waals surface area (Å²) in [6.07, 6.45) is 6.69. The van der Waals surface area contributed by atoms with Crippen molar-refractivity contribution in [2.24, 2.45) is 5.92 Å². The fraction of sp³-hybridized carbons (Fsp3) is 0.579. The Kier molecular flexibility index (Phi) is 3.83. The van der Waals surface area contributed by atoms with Gasteiger partial charge in [0.2, 0.25) is 11.8 Å². The van der Waals surface area contributed by atoms with E-state index in [0.717, 1.165) is 51.5 Å². The molecule has 4 nitrogen and oxygen atoms in total. The Hall–Kier alpha value is -1.84. The number of nitrogens with zero attached hydrogens (tertiary/aromatic N) is 1. The molecule has 0 radical (unpaired) electrons. The van der Waals surface area contributed by atoms with Crippen LogP contribution in [0.1, 0.15) is 43.2 Å². The topological polar surface area (TPSA) is 49.4 Å². The number of carbonyl (C=O) groups excluding carboxylic acids is 2. The number of fused-ring (bicyclic) bond motifs is 1. The van der Waals surface area contributed by atoms with E-state index >= 15 is 0 Å². The van der Waals surface area contributed by atoms with E-state index in [1.165, 1.54) is 11.1 Å². The van der Waals surface area contributed by atoms with Crippen molar-refractivity contribution in [3.8, 4) is 0 Å². The van der Waals surface area contributed by atoms with Gasteiger partial charge >= 0.3 is 0 Å². The van der Waals surface area contributed by atoms with Crippen LogP contribution in [0.4, 0.5) is 0 Å². The number of carbonyl (C=O) groups is 2. The second-order valence-corrected chi connectivity index (χ2v) is 7.20. The first-order valence-electron chi connectivity index (χ1n) is 8.90. The number of benzene rings is 1. The summed E-state index contributed by atoms with van der Waals surface area (Å²) in [5.74, 6) is 0.454. The molecule has 1 aromatic carbocycles. The third kappa shape index (κ3) is 2.99. The smallest absolute Gasteiger partial charge is 0.243 e. The molecule has 23 heavy (non-hydrogen) atoms. The van der Waals surface area contributed by atoms with Crippen LogP contribution >= 0.6 is 0 Å². The molecule has 0 spiro atoms. The summed E-state index contributed by atoms with van der Waals surface area (Å²) >= 11 is 0. The molecule has 1 N–H and O–H groups in total. The van der Waals surface area contributed by atoms with Crippen LogP contribution < -0.4 is 5.32 Å². The first-order chi connectivity index (χ1) is 11.2. The Balaban J connectivity index is 1.41. The largest absolute Gasteiger partial charge is 0.351 e. The van der Waals surface area contributed by atoms with Crippen LogP contribution in [0.5, 0.6) is 0 Å². The molecule has 1 atom stereocenters. The molecule has 2 amide bonds. The van der Waals surface area contributed by atoms with Gasteiger partial charge in [0.1, 0.15) is 6.04 Å². The van der Waals surface area contributed by atoms with Gasteiger partial charge in [0.25, 0.3) is 0 Å². The highest BCUT2D eigenvalue weighted by atomic mass is 16.2. The number of rotatable bonds is 3. The monoisotopic (exact) mass is 312 g/mol. The maximum Gasteiger partial charge on any atom is 0.243 e. The van der Waals surface area contributed by atoms with Crippen LogP contribution in [0.25, 0.3) is 0 Å². The molecule has 1 aromatic rings. The number of amides is 2. The lowest BCUT2D eigenvalue weighted by Crippen LogP contribution is -2.54. The van der Waals surface area contributed by atoms with Gasteiger partial charge in [-0.2, -0.15) is 0 Å². The summed E-state index contributed by atoms with van der Waals surface area (Å²) in [5.41, 5.74) is 2.68. The van der Waals surface area contributed by atoms with Crippen molar-refractivity contribution in [3.05, 3.63) is 35.4 Å². The van der Waals surface area contributed by atoms with Crippen molar-refractivity contribution in [2.45, 2.75) is 57.0 Å². The molecule has 4 heteroatoms. The molecule has 1 unspecified atom stereocenters. The van der Waals surface area contributed by atoms with E-state index < -0.39 is 0 Å². The van der Waals surface area contributed by atoms with Gasteiger partial charge in [0.15, 0.2) is 0 Å². The molecule has 1 saturated carbocycles. The summed E-state index contributed by atoms with van der Waals surface area (Å²) in [4.78, 5) is 27.1. The summed E-state index contributed by atoms with van der Waals surface area (Å²) < 4.78 is 0. The fourth-order valence-corrected chi connectivity index (χ4v) is 3.99. The van der Waals surface area contributed by atoms with E-state index in [2.05, 4.69) is 29.6 Å². The molecule has 0 bridgehead atoms. The summed E-state index contributed by atoms with van der Waals surface area (Å²) in [6.45, 7) is 0.748. The van der Waals surface area contributed by atoms with Crippen LogP contribution in [0.3, 0.4) is 0 Å². The molecule has 4 rings (SSSR count). The van der Waals surface area contributed by atoms with Crippen molar-refractivity contribution in [1.82, 2.24) is 10.2 Å². The van der Waals surface area contributed by atoms with Crippen LogP contribution in [-0.2, 0) is 22.4 Å². The van der Waals surface area contributed by atoms with Crippen molar-refractivity contribution in [1.29, 1.82) is 0 Å². The lowest BCUT2D eigenvalue weighted by molar-refractivity contribution is -0.143. The van der Waals surface area contributed by atoms with E-state index in [4.69, 9.17) is 0 Å². The molecule has 3 aliphatic rings. The Morgan fingerprint density at radius 3 is 2.35 bits per heavy atom. The highest BCUT2D eigenvalue weighted by Crippen LogP contribution is 2.33. The second-order valence-electron chi connectivity index (χ2n) is 7.20. The van der Waals surface area contributed by atoms with Gasteiger partial charge in [0.05, 0.1) is 0 Å². The number of likely N-dealkylation sites (tertiary alicyclic amines) is 1. The standard InChI is InChI=1S/C19H24N2O2/c22-18(20-16-11-14-5-1-2-6-15(14)12-16)17-7-3-4-10-21(17)19(23)13-8-9-13/h1-2,5-6,13,16-17H,3-4,7-12H2,(H,20,22). The highest BCUT2D eigenvalue weighted by Gasteiger charge is 2.40. The first kappa shape index (κ1) is 14.7. The summed E-state index contributed by atoms with van der Waals surface area (Å²) in [6, 6.07) is 8.33. The third-order valence-corrected chi connectivity index (χ3v) is 5.41. The van der Waals surface area contributed by atoms with Crippen molar-refractivity contribution >= 4 is 11.8 Å². The lowest BCUT2D eigenvalue weighted by Gasteiger charge is -2.35. The average Bonchev–Trinajstić information content (AvgIpc) is 3.34. The van der Waals surface area contributed by atoms with Crippen LogP contribution in [0.2, 0.25) is 0 Å². The predicted molar refractivity (Wildman–Crippen MR) is 87.9 cm³/mol. The number of hydrogen-bond acceptors (Lipinski definition) is 2. The van der Waals surface area contributed by atoms with Crippen molar-refractivity contribution < 1.29 is 9.59 Å². The molecule has 122 valence electrons. The van der Waals surface area contributed by atoms with Crippen molar-refractivity contribution in [2.75, 3.05) is 6.54 Å². The zero-order valence-electron chi connectivity index (χ0n) is 13.5. The second kappa shape index (κ2) is 5.99. The van der Waals surface area contributed by atoms with Crippen LogP contribution in [0, 0.1) is 5.92 Å². The van der Waals surface area contributed by atoms with E-state index in [1.54, 1.807) is 0 Å². The highest BCUT2D eigenvalue weighted by molar-refractivity contribution is 5.89. The molecular formula is C19H24N2O2. The zero-order chi connectivity index (χ0) is 15.8. The van der Waals surface area contributed by atoms with Gasteiger partial charge in [-0.25, -0.2) is 0 Å². The first-order valence-corrected chi connectivity index (χ1v) is 8.90. The van der Waals surface area contributed by atoms with Gasteiger partial charge in [0, 0.05) is 18.5 Å². The zero-order valence-corrected chi connectivity index (χ0v) is 13.5.